The van der Waals surface area contributed by atoms with Crippen LogP contribution >= 0.6 is 0 Å². The van der Waals surface area contributed by atoms with Crippen LogP contribution in [-0.4, -0.2) is 21.2 Å². The highest BCUT2D eigenvalue weighted by Gasteiger charge is 2.09. The van der Waals surface area contributed by atoms with Crippen LogP contribution < -0.4 is 5.32 Å². The fourth-order valence-electron chi connectivity index (χ4n) is 1.62. The minimum absolute atomic E-state index is 0.107. The largest absolute Gasteiger partial charge is 0.504 e. The summed E-state index contributed by atoms with van der Waals surface area (Å²) in [5.41, 5.74) is 1.46. The molecular weight excluding hydrogens is 246 g/mol. The molecule has 98 valence electrons. The van der Waals surface area contributed by atoms with Gasteiger partial charge in [0, 0.05) is 11.3 Å². The number of anilines is 1. The van der Waals surface area contributed by atoms with E-state index in [4.69, 9.17) is 5.11 Å². The van der Waals surface area contributed by atoms with Crippen molar-refractivity contribution in [2.75, 3.05) is 5.32 Å². The third-order valence-electron chi connectivity index (χ3n) is 2.61. The van der Waals surface area contributed by atoms with Crippen molar-refractivity contribution in [3.05, 3.63) is 53.6 Å². The number of hydrogen-bond acceptors (Lipinski definition) is 4. The first-order valence-electron chi connectivity index (χ1n) is 5.63. The number of phenolic OH excluding ortho intramolecular Hbond substituents is 2. The van der Waals surface area contributed by atoms with E-state index < -0.39 is 5.91 Å². The normalized spacial score (nSPS) is 10.2. The Balaban J connectivity index is 2.18. The van der Waals surface area contributed by atoms with E-state index in [2.05, 4.69) is 5.32 Å². The number of benzene rings is 2. The smallest absolute Gasteiger partial charge is 0.255 e. The van der Waals surface area contributed by atoms with Crippen LogP contribution in [-0.2, 0) is 6.61 Å². The maximum atomic E-state index is 11.9. The van der Waals surface area contributed by atoms with Crippen LogP contribution in [0.1, 0.15) is 15.9 Å². The van der Waals surface area contributed by atoms with E-state index in [9.17, 15) is 15.0 Å². The molecule has 5 heteroatoms. The van der Waals surface area contributed by atoms with Gasteiger partial charge in [-0.05, 0) is 35.9 Å². The first kappa shape index (κ1) is 12.9. The molecule has 5 nitrogen and oxygen atoms in total. The molecule has 0 bridgehead atoms. The van der Waals surface area contributed by atoms with Gasteiger partial charge in [0.2, 0.25) is 0 Å². The lowest BCUT2D eigenvalue weighted by Gasteiger charge is -2.07. The zero-order valence-corrected chi connectivity index (χ0v) is 10.00. The van der Waals surface area contributed by atoms with Crippen LogP contribution in [0.25, 0.3) is 0 Å². The average Bonchev–Trinajstić information content (AvgIpc) is 2.42. The van der Waals surface area contributed by atoms with E-state index in [1.165, 1.54) is 18.2 Å². The first-order chi connectivity index (χ1) is 9.10. The number of aromatic hydroxyl groups is 2. The van der Waals surface area contributed by atoms with Crippen molar-refractivity contribution >= 4 is 11.6 Å². The molecule has 4 N–H and O–H groups in total. The number of phenols is 2. The second-order valence-corrected chi connectivity index (χ2v) is 4.02. The number of carbonyl (C=O) groups is 1. The average molecular weight is 259 g/mol. The molecule has 1 amide bonds. The van der Waals surface area contributed by atoms with Crippen molar-refractivity contribution in [3.8, 4) is 11.5 Å². The number of nitrogens with one attached hydrogen (secondary N) is 1. The van der Waals surface area contributed by atoms with Crippen molar-refractivity contribution in [1.82, 2.24) is 0 Å². The molecule has 0 aliphatic rings. The molecule has 0 aromatic heterocycles. The SMILES string of the molecule is O=C(Nc1cccc(CO)c1)c1ccc(O)c(O)c1. The minimum atomic E-state index is -0.412. The van der Waals surface area contributed by atoms with Crippen LogP contribution in [0, 0.1) is 0 Å². The quantitative estimate of drug-likeness (QED) is 0.633. The lowest BCUT2D eigenvalue weighted by atomic mass is 10.1. The Morgan fingerprint density at radius 2 is 1.84 bits per heavy atom. The summed E-state index contributed by atoms with van der Waals surface area (Å²) in [7, 11) is 0. The van der Waals surface area contributed by atoms with Crippen LogP contribution in [0.4, 0.5) is 5.69 Å². The summed E-state index contributed by atoms with van der Waals surface area (Å²) in [6.45, 7) is -0.107. The van der Waals surface area contributed by atoms with Crippen LogP contribution in [0.3, 0.4) is 0 Å². The Labute approximate surface area is 109 Å². The maximum absolute atomic E-state index is 11.9. The highest BCUT2D eigenvalue weighted by molar-refractivity contribution is 6.04. The third kappa shape index (κ3) is 3.02. The lowest BCUT2D eigenvalue weighted by molar-refractivity contribution is 0.102. The number of hydrogen-bond donors (Lipinski definition) is 4. The predicted octanol–water partition coefficient (Wildman–Crippen LogP) is 1.84. The van der Waals surface area contributed by atoms with Gasteiger partial charge in [0.05, 0.1) is 6.61 Å². The van der Waals surface area contributed by atoms with Crippen molar-refractivity contribution in [1.29, 1.82) is 0 Å². The van der Waals surface area contributed by atoms with Crippen molar-refractivity contribution < 1.29 is 20.1 Å². The maximum Gasteiger partial charge on any atom is 0.255 e. The summed E-state index contributed by atoms with van der Waals surface area (Å²) in [6, 6.07) is 10.6. The Hall–Kier alpha value is -2.53. The van der Waals surface area contributed by atoms with Gasteiger partial charge in [-0.15, -0.1) is 0 Å². The summed E-state index contributed by atoms with van der Waals surface area (Å²) in [5, 5.41) is 30.2. The third-order valence-corrected chi connectivity index (χ3v) is 2.61. The van der Waals surface area contributed by atoms with Gasteiger partial charge in [0.1, 0.15) is 0 Å². The Bertz CT molecular complexity index is 610. The molecule has 0 spiro atoms. The van der Waals surface area contributed by atoms with Gasteiger partial charge in [-0.1, -0.05) is 12.1 Å². The highest BCUT2D eigenvalue weighted by Crippen LogP contribution is 2.25. The number of carbonyl (C=O) groups excluding carboxylic acids is 1. The van der Waals surface area contributed by atoms with E-state index >= 15 is 0 Å². The predicted molar refractivity (Wildman–Crippen MR) is 70.1 cm³/mol. The Morgan fingerprint density at radius 1 is 1.05 bits per heavy atom. The minimum Gasteiger partial charge on any atom is -0.504 e. The molecule has 2 aromatic carbocycles. The van der Waals surface area contributed by atoms with Gasteiger partial charge in [0.15, 0.2) is 11.5 Å². The molecule has 19 heavy (non-hydrogen) atoms. The van der Waals surface area contributed by atoms with Crippen LogP contribution in [0.2, 0.25) is 0 Å². The van der Waals surface area contributed by atoms with Gasteiger partial charge >= 0.3 is 0 Å². The van der Waals surface area contributed by atoms with E-state index in [1.807, 2.05) is 0 Å². The molecule has 0 aliphatic heterocycles. The molecule has 0 atom stereocenters. The number of aliphatic hydroxyl groups is 1. The van der Waals surface area contributed by atoms with Crippen molar-refractivity contribution in [2.24, 2.45) is 0 Å². The molecule has 2 aromatic rings. The lowest BCUT2D eigenvalue weighted by Crippen LogP contribution is -2.11. The van der Waals surface area contributed by atoms with E-state index in [1.54, 1.807) is 24.3 Å². The second-order valence-electron chi connectivity index (χ2n) is 4.02. The summed E-state index contributed by atoms with van der Waals surface area (Å²) >= 11 is 0. The number of amides is 1. The highest BCUT2D eigenvalue weighted by atomic mass is 16.3. The number of aliphatic hydroxyl groups excluding tert-OH is 1. The molecule has 0 saturated heterocycles. The first-order valence-corrected chi connectivity index (χ1v) is 5.63. The van der Waals surface area contributed by atoms with Gasteiger partial charge in [0.25, 0.3) is 5.91 Å². The molecular formula is C14H13NO4. The summed E-state index contributed by atoms with van der Waals surface area (Å²) in [5.74, 6) is -1.04. The zero-order chi connectivity index (χ0) is 13.8. The fraction of sp³-hybridized carbons (Fsp3) is 0.0714. The van der Waals surface area contributed by atoms with E-state index in [0.717, 1.165) is 0 Å². The van der Waals surface area contributed by atoms with Gasteiger partial charge in [-0.3, -0.25) is 4.79 Å². The van der Waals surface area contributed by atoms with Crippen molar-refractivity contribution in [3.63, 3.8) is 0 Å². The molecule has 0 heterocycles. The van der Waals surface area contributed by atoms with Crippen LogP contribution in [0.15, 0.2) is 42.5 Å². The van der Waals surface area contributed by atoms with Crippen molar-refractivity contribution in [2.45, 2.75) is 6.61 Å². The van der Waals surface area contributed by atoms with Gasteiger partial charge in [-0.25, -0.2) is 0 Å². The summed E-state index contributed by atoms with van der Waals surface area (Å²) < 4.78 is 0. The Morgan fingerprint density at radius 3 is 2.53 bits per heavy atom. The molecule has 0 radical (unpaired) electrons. The standard InChI is InChI=1S/C14H13NO4/c16-8-9-2-1-3-11(6-9)15-14(19)10-4-5-12(17)13(18)7-10/h1-7,16-18H,8H2,(H,15,19). The summed E-state index contributed by atoms with van der Waals surface area (Å²) in [6.07, 6.45) is 0. The molecule has 0 saturated carbocycles. The van der Waals surface area contributed by atoms with E-state index in [-0.39, 0.29) is 23.7 Å². The molecule has 0 fully saturated rings. The molecule has 0 unspecified atom stereocenters. The Kier molecular flexibility index (Phi) is 3.68. The second kappa shape index (κ2) is 5.41. The zero-order valence-electron chi connectivity index (χ0n) is 10.00. The monoisotopic (exact) mass is 259 g/mol. The van der Waals surface area contributed by atoms with Gasteiger partial charge in [-0.2, -0.15) is 0 Å². The van der Waals surface area contributed by atoms with Crippen LogP contribution in [0.5, 0.6) is 11.5 Å². The topological polar surface area (TPSA) is 89.8 Å². The van der Waals surface area contributed by atoms with Gasteiger partial charge < -0.3 is 20.6 Å². The van der Waals surface area contributed by atoms with E-state index in [0.29, 0.717) is 11.3 Å². The number of rotatable bonds is 3. The summed E-state index contributed by atoms with van der Waals surface area (Å²) in [4.78, 5) is 11.9. The fourth-order valence-corrected chi connectivity index (χ4v) is 1.62. The molecule has 2 rings (SSSR count). The molecule has 0 aliphatic carbocycles.